The topological polar surface area (TPSA) is 62.5 Å². The number of halogens is 2. The Morgan fingerprint density at radius 2 is 1.95 bits per heavy atom. The molecule has 0 bridgehead atoms. The van der Waals surface area contributed by atoms with Crippen molar-refractivity contribution in [2.45, 2.75) is 18.9 Å². The standard InChI is InChI=1S/C13H18N4OS2.2ClH/c1-16(2)13-15-11-9(20-13)7-10(19-11)12(18)17-5-3-8(14)4-6-17;;/h7-8H,3-6,14H2,1-2H3;2*1H. The van der Waals surface area contributed by atoms with Crippen molar-refractivity contribution < 1.29 is 4.79 Å². The average Bonchev–Trinajstić information content (AvgIpc) is 2.96. The number of nitrogens with zero attached hydrogens (tertiary/aromatic N) is 3. The molecule has 22 heavy (non-hydrogen) atoms. The monoisotopic (exact) mass is 382 g/mol. The van der Waals surface area contributed by atoms with Gasteiger partial charge < -0.3 is 15.5 Å². The van der Waals surface area contributed by atoms with Gasteiger partial charge in [-0.25, -0.2) is 4.98 Å². The summed E-state index contributed by atoms with van der Waals surface area (Å²) >= 11 is 3.11. The summed E-state index contributed by atoms with van der Waals surface area (Å²) < 4.78 is 1.09. The molecule has 9 heteroatoms. The number of likely N-dealkylation sites (tertiary alicyclic amines) is 1. The fraction of sp³-hybridized carbons (Fsp3) is 0.538. The number of hydrogen-bond acceptors (Lipinski definition) is 6. The van der Waals surface area contributed by atoms with Crippen LogP contribution in [-0.4, -0.2) is 49.0 Å². The molecule has 3 heterocycles. The minimum Gasteiger partial charge on any atom is -0.354 e. The molecule has 0 unspecified atom stereocenters. The van der Waals surface area contributed by atoms with E-state index in [1.807, 2.05) is 30.0 Å². The largest absolute Gasteiger partial charge is 0.354 e. The maximum Gasteiger partial charge on any atom is 0.264 e. The summed E-state index contributed by atoms with van der Waals surface area (Å²) in [6, 6.07) is 2.22. The summed E-state index contributed by atoms with van der Waals surface area (Å²) in [7, 11) is 3.96. The highest BCUT2D eigenvalue weighted by atomic mass is 35.5. The smallest absolute Gasteiger partial charge is 0.264 e. The number of nitrogens with two attached hydrogens (primary N) is 1. The van der Waals surface area contributed by atoms with Gasteiger partial charge in [-0.3, -0.25) is 4.79 Å². The zero-order valence-corrected chi connectivity index (χ0v) is 15.7. The number of carbonyl (C=O) groups is 1. The third kappa shape index (κ3) is 3.83. The lowest BCUT2D eigenvalue weighted by molar-refractivity contribution is 0.0720. The molecule has 0 aliphatic carbocycles. The van der Waals surface area contributed by atoms with E-state index in [1.54, 1.807) is 11.3 Å². The van der Waals surface area contributed by atoms with E-state index in [1.165, 1.54) is 11.3 Å². The van der Waals surface area contributed by atoms with Crippen LogP contribution in [0.3, 0.4) is 0 Å². The molecular weight excluding hydrogens is 363 g/mol. The third-order valence-electron chi connectivity index (χ3n) is 3.50. The molecule has 2 N–H and O–H groups in total. The van der Waals surface area contributed by atoms with E-state index in [4.69, 9.17) is 5.73 Å². The van der Waals surface area contributed by atoms with E-state index >= 15 is 0 Å². The van der Waals surface area contributed by atoms with Gasteiger partial charge in [-0.1, -0.05) is 11.3 Å². The lowest BCUT2D eigenvalue weighted by atomic mass is 10.1. The number of carbonyl (C=O) groups excluding carboxylic acids is 1. The zero-order chi connectivity index (χ0) is 14.3. The lowest BCUT2D eigenvalue weighted by Crippen LogP contribution is -2.42. The number of rotatable bonds is 2. The second-order valence-corrected chi connectivity index (χ2v) is 7.34. The summed E-state index contributed by atoms with van der Waals surface area (Å²) in [4.78, 5) is 22.6. The van der Waals surface area contributed by atoms with Crippen molar-refractivity contribution in [3.63, 3.8) is 0 Å². The summed E-state index contributed by atoms with van der Waals surface area (Å²) in [5.41, 5.74) is 5.88. The molecule has 0 radical (unpaired) electrons. The second kappa shape index (κ2) is 7.79. The van der Waals surface area contributed by atoms with Crippen LogP contribution in [0.15, 0.2) is 6.07 Å². The Balaban J connectivity index is 0.00000121. The van der Waals surface area contributed by atoms with Crippen molar-refractivity contribution in [2.75, 3.05) is 32.1 Å². The number of aromatic nitrogens is 1. The molecule has 1 aliphatic heterocycles. The Morgan fingerprint density at radius 1 is 1.32 bits per heavy atom. The van der Waals surface area contributed by atoms with Gasteiger partial charge in [0.1, 0.15) is 4.83 Å². The van der Waals surface area contributed by atoms with Crippen molar-refractivity contribution in [3.8, 4) is 0 Å². The first-order chi connectivity index (χ1) is 9.54. The Hall–Kier alpha value is -0.600. The van der Waals surface area contributed by atoms with E-state index in [-0.39, 0.29) is 36.8 Å². The van der Waals surface area contributed by atoms with Gasteiger partial charge in [0.15, 0.2) is 5.13 Å². The Labute approximate surface area is 150 Å². The molecule has 124 valence electrons. The van der Waals surface area contributed by atoms with Crippen LogP contribution in [0.2, 0.25) is 0 Å². The van der Waals surface area contributed by atoms with Crippen LogP contribution in [-0.2, 0) is 0 Å². The maximum absolute atomic E-state index is 12.5. The molecule has 0 aromatic carbocycles. The molecule has 1 saturated heterocycles. The molecule has 1 amide bonds. The summed E-state index contributed by atoms with van der Waals surface area (Å²) in [5.74, 6) is 0.124. The molecule has 1 aliphatic rings. The molecule has 0 saturated carbocycles. The van der Waals surface area contributed by atoms with Gasteiger partial charge in [-0.05, 0) is 18.9 Å². The van der Waals surface area contributed by atoms with Gasteiger partial charge in [0, 0.05) is 33.2 Å². The highest BCUT2D eigenvalue weighted by molar-refractivity contribution is 7.29. The van der Waals surface area contributed by atoms with E-state index in [0.717, 1.165) is 45.5 Å². The Morgan fingerprint density at radius 3 is 2.50 bits per heavy atom. The molecule has 2 aromatic heterocycles. The predicted octanol–water partition coefficient (Wildman–Crippen LogP) is 2.83. The molecule has 0 spiro atoms. The van der Waals surface area contributed by atoms with Crippen LogP contribution in [0.25, 0.3) is 9.53 Å². The van der Waals surface area contributed by atoms with Gasteiger partial charge in [0.2, 0.25) is 0 Å². The SMILES string of the molecule is CN(C)c1nc2sc(C(=O)N3CCC(N)CC3)cc2s1.Cl.Cl. The van der Waals surface area contributed by atoms with Crippen LogP contribution in [0.5, 0.6) is 0 Å². The van der Waals surface area contributed by atoms with Crippen molar-refractivity contribution in [3.05, 3.63) is 10.9 Å². The summed E-state index contributed by atoms with van der Waals surface area (Å²) in [5, 5.41) is 0.981. The van der Waals surface area contributed by atoms with Crippen molar-refractivity contribution in [1.29, 1.82) is 0 Å². The predicted molar refractivity (Wildman–Crippen MR) is 99.4 cm³/mol. The first kappa shape index (κ1) is 19.4. The maximum atomic E-state index is 12.5. The number of thiophene rings is 1. The third-order valence-corrected chi connectivity index (χ3v) is 5.81. The molecule has 5 nitrogen and oxygen atoms in total. The first-order valence-corrected chi connectivity index (χ1v) is 8.30. The van der Waals surface area contributed by atoms with Gasteiger partial charge >= 0.3 is 0 Å². The van der Waals surface area contributed by atoms with Crippen LogP contribution in [0.1, 0.15) is 22.5 Å². The van der Waals surface area contributed by atoms with Crippen LogP contribution >= 0.6 is 47.5 Å². The minimum atomic E-state index is 0. The molecule has 2 aromatic rings. The van der Waals surface area contributed by atoms with Crippen LogP contribution < -0.4 is 10.6 Å². The van der Waals surface area contributed by atoms with E-state index in [2.05, 4.69) is 4.98 Å². The number of hydrogen-bond donors (Lipinski definition) is 1. The van der Waals surface area contributed by atoms with Crippen molar-refractivity contribution in [1.82, 2.24) is 9.88 Å². The first-order valence-electron chi connectivity index (χ1n) is 6.67. The van der Waals surface area contributed by atoms with Crippen LogP contribution in [0.4, 0.5) is 5.13 Å². The highest BCUT2D eigenvalue weighted by Gasteiger charge is 2.23. The Bertz CT molecular complexity index is 604. The fourth-order valence-corrected chi connectivity index (χ4v) is 4.38. The van der Waals surface area contributed by atoms with Gasteiger partial charge in [-0.2, -0.15) is 0 Å². The number of fused-ring (bicyclic) bond motifs is 1. The zero-order valence-electron chi connectivity index (χ0n) is 12.4. The summed E-state index contributed by atoms with van der Waals surface area (Å²) in [6.45, 7) is 1.53. The highest BCUT2D eigenvalue weighted by Crippen LogP contribution is 2.34. The fourth-order valence-electron chi connectivity index (χ4n) is 2.28. The minimum absolute atomic E-state index is 0. The van der Waals surface area contributed by atoms with E-state index < -0.39 is 0 Å². The van der Waals surface area contributed by atoms with E-state index in [0.29, 0.717) is 0 Å². The average molecular weight is 383 g/mol. The van der Waals surface area contributed by atoms with Gasteiger partial charge in [0.25, 0.3) is 5.91 Å². The normalized spacial score (nSPS) is 15.3. The van der Waals surface area contributed by atoms with Gasteiger partial charge in [-0.15, -0.1) is 36.2 Å². The molecular formula is C13H20Cl2N4OS2. The molecule has 1 fully saturated rings. The van der Waals surface area contributed by atoms with Gasteiger partial charge in [0.05, 0.1) is 9.58 Å². The van der Waals surface area contributed by atoms with Crippen molar-refractivity contribution in [2.24, 2.45) is 5.73 Å². The summed E-state index contributed by atoms with van der Waals surface area (Å²) in [6.07, 6.45) is 1.79. The Kier molecular flexibility index (Phi) is 6.88. The van der Waals surface area contributed by atoms with Crippen molar-refractivity contribution >= 4 is 68.1 Å². The second-order valence-electron chi connectivity index (χ2n) is 5.30. The quantitative estimate of drug-likeness (QED) is 0.866. The number of thiazole rings is 1. The lowest BCUT2D eigenvalue weighted by Gasteiger charge is -2.29. The number of amides is 1. The number of anilines is 1. The molecule has 0 atom stereocenters. The molecule has 3 rings (SSSR count). The van der Waals surface area contributed by atoms with Crippen LogP contribution in [0, 0.1) is 0 Å². The number of piperidine rings is 1. The van der Waals surface area contributed by atoms with E-state index in [9.17, 15) is 4.79 Å².